The Labute approximate surface area is 125 Å². The first-order valence-electron chi connectivity index (χ1n) is 5.41. The van der Waals surface area contributed by atoms with E-state index in [0.29, 0.717) is 10.6 Å². The van der Waals surface area contributed by atoms with Crippen molar-refractivity contribution < 1.29 is 8.42 Å². The van der Waals surface area contributed by atoms with Crippen molar-refractivity contribution in [1.29, 1.82) is 0 Å². The molecule has 0 amide bonds. The van der Waals surface area contributed by atoms with E-state index in [1.165, 1.54) is 6.07 Å². The van der Waals surface area contributed by atoms with Gasteiger partial charge >= 0.3 is 0 Å². The smallest absolute Gasteiger partial charge is 0.184 e. The van der Waals surface area contributed by atoms with Gasteiger partial charge in [-0.3, -0.25) is 0 Å². The lowest BCUT2D eigenvalue weighted by atomic mass is 10.2. The molecule has 0 heterocycles. The Morgan fingerprint density at radius 1 is 1.16 bits per heavy atom. The number of para-hydroxylation sites is 1. The molecule has 0 saturated heterocycles. The summed E-state index contributed by atoms with van der Waals surface area (Å²) in [5.74, 6) is -0.173. The Morgan fingerprint density at radius 3 is 2.47 bits per heavy atom. The van der Waals surface area contributed by atoms with Crippen molar-refractivity contribution >= 4 is 43.1 Å². The first kappa shape index (κ1) is 14.4. The molecule has 0 unspecified atom stereocenters. The Hall–Kier alpha value is -1.04. The van der Waals surface area contributed by atoms with Gasteiger partial charge in [-0.15, -0.1) is 0 Å². The maximum Gasteiger partial charge on any atom is 0.184 e. The first-order chi connectivity index (χ1) is 8.90. The number of halogens is 2. The van der Waals surface area contributed by atoms with Crippen molar-refractivity contribution in [3.8, 4) is 0 Å². The third-order valence-corrected chi connectivity index (χ3v) is 5.19. The molecule has 0 spiro atoms. The highest BCUT2D eigenvalue weighted by molar-refractivity contribution is 9.10. The van der Waals surface area contributed by atoms with E-state index in [0.717, 1.165) is 4.47 Å². The Morgan fingerprint density at radius 2 is 1.84 bits per heavy atom. The van der Waals surface area contributed by atoms with Crippen LogP contribution in [0.25, 0.3) is 0 Å². The summed E-state index contributed by atoms with van der Waals surface area (Å²) in [6, 6.07) is 11.5. The summed E-state index contributed by atoms with van der Waals surface area (Å²) in [6.07, 6.45) is 0. The van der Waals surface area contributed by atoms with E-state index in [9.17, 15) is 8.42 Å². The number of hydrogen-bond donors (Lipinski definition) is 1. The summed E-state index contributed by atoms with van der Waals surface area (Å²) in [4.78, 5) is 0.133. The number of benzene rings is 2. The molecule has 0 fully saturated rings. The van der Waals surface area contributed by atoms with Gasteiger partial charge in [-0.2, -0.15) is 0 Å². The Bertz CT molecular complexity index is 716. The van der Waals surface area contributed by atoms with Crippen molar-refractivity contribution in [2.24, 2.45) is 0 Å². The molecule has 2 aromatic carbocycles. The molecule has 2 N–H and O–H groups in total. The van der Waals surface area contributed by atoms with Gasteiger partial charge in [0.05, 0.1) is 16.3 Å². The van der Waals surface area contributed by atoms with Gasteiger partial charge in [0.25, 0.3) is 0 Å². The Kier molecular flexibility index (Phi) is 4.18. The minimum absolute atomic E-state index is 0.133. The summed E-state index contributed by atoms with van der Waals surface area (Å²) >= 11 is 9.32. The van der Waals surface area contributed by atoms with E-state index in [4.69, 9.17) is 17.3 Å². The van der Waals surface area contributed by atoms with Crippen molar-refractivity contribution in [3.63, 3.8) is 0 Å². The monoisotopic (exact) mass is 359 g/mol. The fourth-order valence-corrected chi connectivity index (χ4v) is 4.03. The van der Waals surface area contributed by atoms with Gasteiger partial charge in [0.1, 0.15) is 0 Å². The van der Waals surface area contributed by atoms with Crippen LogP contribution in [-0.4, -0.2) is 8.42 Å². The van der Waals surface area contributed by atoms with Gasteiger partial charge in [-0.1, -0.05) is 45.7 Å². The van der Waals surface area contributed by atoms with Gasteiger partial charge in [0, 0.05) is 9.50 Å². The maximum absolute atomic E-state index is 12.3. The van der Waals surface area contributed by atoms with E-state index in [-0.39, 0.29) is 16.3 Å². The summed E-state index contributed by atoms with van der Waals surface area (Å²) < 4.78 is 25.4. The summed E-state index contributed by atoms with van der Waals surface area (Å²) in [7, 11) is -3.50. The van der Waals surface area contributed by atoms with Crippen LogP contribution in [0, 0.1) is 0 Å². The van der Waals surface area contributed by atoms with Crippen LogP contribution in [0.5, 0.6) is 0 Å². The number of sulfone groups is 1. The molecule has 100 valence electrons. The first-order valence-corrected chi connectivity index (χ1v) is 8.23. The second-order valence-corrected chi connectivity index (χ2v) is 7.31. The third-order valence-electron chi connectivity index (χ3n) is 2.61. The predicted octanol–water partition coefficient (Wildman–Crippen LogP) is 3.66. The lowest BCUT2D eigenvalue weighted by Gasteiger charge is -2.08. The number of nitrogens with two attached hydrogens (primary N) is 1. The highest BCUT2D eigenvalue weighted by Gasteiger charge is 2.19. The quantitative estimate of drug-likeness (QED) is 0.850. The van der Waals surface area contributed by atoms with E-state index in [1.54, 1.807) is 36.4 Å². The molecule has 6 heteroatoms. The molecule has 3 nitrogen and oxygen atoms in total. The summed E-state index contributed by atoms with van der Waals surface area (Å²) in [5, 5.41) is 0.410. The molecule has 0 radical (unpaired) electrons. The fourth-order valence-electron chi connectivity index (χ4n) is 1.68. The van der Waals surface area contributed by atoms with Crippen molar-refractivity contribution in [3.05, 3.63) is 57.5 Å². The SMILES string of the molecule is Nc1ccccc1S(=O)(=O)Cc1ccc(Br)cc1Cl. The number of nitrogen functional groups attached to an aromatic ring is 1. The highest BCUT2D eigenvalue weighted by Crippen LogP contribution is 2.27. The second-order valence-electron chi connectivity index (χ2n) is 4.03. The van der Waals surface area contributed by atoms with Crippen LogP contribution in [0.15, 0.2) is 51.8 Å². The van der Waals surface area contributed by atoms with Gasteiger partial charge in [-0.25, -0.2) is 8.42 Å². The third kappa shape index (κ3) is 3.29. The van der Waals surface area contributed by atoms with Crippen LogP contribution in [0.2, 0.25) is 5.02 Å². The second kappa shape index (κ2) is 5.53. The van der Waals surface area contributed by atoms with Crippen LogP contribution in [-0.2, 0) is 15.6 Å². The molecule has 0 aliphatic heterocycles. The number of hydrogen-bond acceptors (Lipinski definition) is 3. The van der Waals surface area contributed by atoms with Crippen molar-refractivity contribution in [2.75, 3.05) is 5.73 Å². The normalized spacial score (nSPS) is 11.5. The lowest BCUT2D eigenvalue weighted by Crippen LogP contribution is -2.08. The molecule has 0 saturated carbocycles. The average molecular weight is 361 g/mol. The minimum atomic E-state index is -3.50. The zero-order chi connectivity index (χ0) is 14.0. The average Bonchev–Trinajstić information content (AvgIpc) is 2.33. The van der Waals surface area contributed by atoms with Gasteiger partial charge < -0.3 is 5.73 Å². The maximum atomic E-state index is 12.3. The molecule has 0 aliphatic rings. The molecule has 0 bridgehead atoms. The molecular formula is C13H11BrClNO2S. The van der Waals surface area contributed by atoms with E-state index in [2.05, 4.69) is 15.9 Å². The van der Waals surface area contributed by atoms with Crippen molar-refractivity contribution in [1.82, 2.24) is 0 Å². The van der Waals surface area contributed by atoms with E-state index >= 15 is 0 Å². The zero-order valence-electron chi connectivity index (χ0n) is 9.81. The molecular weight excluding hydrogens is 350 g/mol. The largest absolute Gasteiger partial charge is 0.398 e. The lowest BCUT2D eigenvalue weighted by molar-refractivity contribution is 0.595. The van der Waals surface area contributed by atoms with Crippen LogP contribution in [0.3, 0.4) is 0 Å². The minimum Gasteiger partial charge on any atom is -0.398 e. The van der Waals surface area contributed by atoms with E-state index in [1.807, 2.05) is 0 Å². The molecule has 19 heavy (non-hydrogen) atoms. The number of rotatable bonds is 3. The summed E-state index contributed by atoms with van der Waals surface area (Å²) in [5.41, 5.74) is 6.50. The zero-order valence-corrected chi connectivity index (χ0v) is 13.0. The van der Waals surface area contributed by atoms with Gasteiger partial charge in [0.2, 0.25) is 0 Å². The molecule has 2 rings (SSSR count). The van der Waals surface area contributed by atoms with Crippen LogP contribution in [0.1, 0.15) is 5.56 Å². The predicted molar refractivity (Wildman–Crippen MR) is 80.9 cm³/mol. The van der Waals surface area contributed by atoms with Crippen molar-refractivity contribution in [2.45, 2.75) is 10.6 Å². The van der Waals surface area contributed by atoms with Gasteiger partial charge in [-0.05, 0) is 29.8 Å². The van der Waals surface area contributed by atoms with Crippen LogP contribution < -0.4 is 5.73 Å². The Balaban J connectivity index is 2.40. The molecule has 0 aromatic heterocycles. The van der Waals surface area contributed by atoms with Crippen LogP contribution in [0.4, 0.5) is 5.69 Å². The standard InChI is InChI=1S/C13H11BrClNO2S/c14-10-6-5-9(11(15)7-10)8-19(17,18)13-4-2-1-3-12(13)16/h1-7H,8,16H2. The van der Waals surface area contributed by atoms with Crippen LogP contribution >= 0.6 is 27.5 Å². The molecule has 0 atom stereocenters. The number of anilines is 1. The van der Waals surface area contributed by atoms with E-state index < -0.39 is 9.84 Å². The molecule has 2 aromatic rings. The highest BCUT2D eigenvalue weighted by atomic mass is 79.9. The summed E-state index contributed by atoms with van der Waals surface area (Å²) in [6.45, 7) is 0. The van der Waals surface area contributed by atoms with Gasteiger partial charge in [0.15, 0.2) is 9.84 Å². The molecule has 0 aliphatic carbocycles. The topological polar surface area (TPSA) is 60.2 Å². The fraction of sp³-hybridized carbons (Fsp3) is 0.0769.